The lowest BCUT2D eigenvalue weighted by atomic mass is 10.1. The van der Waals surface area contributed by atoms with E-state index in [-0.39, 0.29) is 19.0 Å². The summed E-state index contributed by atoms with van der Waals surface area (Å²) in [4.78, 5) is 5.28. The summed E-state index contributed by atoms with van der Waals surface area (Å²) in [6.07, 6.45) is 1.51. The molecule has 0 unspecified atom stereocenters. The molecule has 0 N–H and O–H groups in total. The molecule has 0 aromatic heterocycles. The second-order valence-corrected chi connectivity index (χ2v) is 7.23. The highest BCUT2D eigenvalue weighted by Crippen LogP contribution is 2.34. The molecular formula is C22H15BrClFN2O2. The number of rotatable bonds is 7. The van der Waals surface area contributed by atoms with E-state index in [1.54, 1.807) is 42.5 Å². The number of nitrogens with zero attached hydrogens (tertiary/aromatic N) is 2. The standard InChI is InChI=1S/C22H15BrClFN2O2/c23-19-9-15(12-27-29-14-17-6-2-1-5-16(17)11-26)10-20(24)22(19)28-13-18-7-3-4-8-21(18)25/h1-10,12H,13-14H2/b27-12-. The quantitative estimate of drug-likeness (QED) is 0.301. The number of ether oxygens (including phenoxy) is 1. The van der Waals surface area contributed by atoms with Crippen LogP contribution in [-0.2, 0) is 18.1 Å². The van der Waals surface area contributed by atoms with Gasteiger partial charge in [-0.3, -0.25) is 0 Å². The Morgan fingerprint density at radius 1 is 1.07 bits per heavy atom. The minimum Gasteiger partial charge on any atom is -0.486 e. The first-order valence-corrected chi connectivity index (χ1v) is 9.74. The van der Waals surface area contributed by atoms with E-state index in [0.29, 0.717) is 31.9 Å². The second kappa shape index (κ2) is 10.1. The minimum atomic E-state index is -0.335. The lowest BCUT2D eigenvalue weighted by Crippen LogP contribution is -2.00. The molecule has 146 valence electrons. The van der Waals surface area contributed by atoms with E-state index < -0.39 is 0 Å². The van der Waals surface area contributed by atoms with Gasteiger partial charge in [0.05, 0.1) is 27.3 Å². The van der Waals surface area contributed by atoms with Crippen LogP contribution in [0.5, 0.6) is 5.75 Å². The molecule has 0 saturated carbocycles. The maximum atomic E-state index is 13.7. The summed E-state index contributed by atoms with van der Waals surface area (Å²) in [5.41, 5.74) is 2.42. The van der Waals surface area contributed by atoms with Crippen molar-refractivity contribution < 1.29 is 14.0 Å². The van der Waals surface area contributed by atoms with Crippen LogP contribution in [0.4, 0.5) is 4.39 Å². The third-order valence-electron chi connectivity index (χ3n) is 3.98. The van der Waals surface area contributed by atoms with Crippen molar-refractivity contribution in [3.05, 3.63) is 98.2 Å². The molecule has 29 heavy (non-hydrogen) atoms. The zero-order valence-electron chi connectivity index (χ0n) is 15.1. The van der Waals surface area contributed by atoms with Gasteiger partial charge in [0.1, 0.15) is 19.0 Å². The smallest absolute Gasteiger partial charge is 0.152 e. The van der Waals surface area contributed by atoms with Crippen LogP contribution in [0.2, 0.25) is 5.02 Å². The Hall–Kier alpha value is -2.88. The number of hydrogen-bond acceptors (Lipinski definition) is 4. The summed E-state index contributed by atoms with van der Waals surface area (Å²) in [6, 6.07) is 19.1. The Balaban J connectivity index is 1.63. The van der Waals surface area contributed by atoms with Crippen molar-refractivity contribution in [1.29, 1.82) is 5.26 Å². The minimum absolute atomic E-state index is 0.0554. The Morgan fingerprint density at radius 2 is 1.79 bits per heavy atom. The molecule has 0 heterocycles. The normalized spacial score (nSPS) is 10.7. The third kappa shape index (κ3) is 5.57. The molecule has 7 heteroatoms. The molecule has 0 radical (unpaired) electrons. The monoisotopic (exact) mass is 472 g/mol. The summed E-state index contributed by atoms with van der Waals surface area (Å²) in [5.74, 6) is 0.0783. The van der Waals surface area contributed by atoms with Gasteiger partial charge in [0.2, 0.25) is 0 Å². The van der Waals surface area contributed by atoms with Crippen molar-refractivity contribution in [2.45, 2.75) is 13.2 Å². The molecule has 0 saturated heterocycles. The first-order chi connectivity index (χ1) is 14.1. The van der Waals surface area contributed by atoms with Crippen LogP contribution in [0.1, 0.15) is 22.3 Å². The number of nitriles is 1. The predicted octanol–water partition coefficient (Wildman–Crippen LogP) is 6.24. The fraction of sp³-hybridized carbons (Fsp3) is 0.0909. The van der Waals surface area contributed by atoms with Crippen LogP contribution in [0.15, 0.2) is 70.3 Å². The Kier molecular flexibility index (Phi) is 7.23. The molecule has 0 aliphatic heterocycles. The van der Waals surface area contributed by atoms with Crippen molar-refractivity contribution in [3.63, 3.8) is 0 Å². The largest absolute Gasteiger partial charge is 0.486 e. The molecule has 0 amide bonds. The van der Waals surface area contributed by atoms with E-state index in [2.05, 4.69) is 27.2 Å². The van der Waals surface area contributed by atoms with Gasteiger partial charge < -0.3 is 9.57 Å². The number of halogens is 3. The summed E-state index contributed by atoms with van der Waals surface area (Å²) < 4.78 is 20.0. The van der Waals surface area contributed by atoms with Crippen LogP contribution < -0.4 is 4.74 Å². The van der Waals surface area contributed by atoms with Gasteiger partial charge in [-0.25, -0.2) is 4.39 Å². The molecule has 4 nitrogen and oxygen atoms in total. The number of oxime groups is 1. The van der Waals surface area contributed by atoms with Crippen molar-refractivity contribution in [1.82, 2.24) is 0 Å². The van der Waals surface area contributed by atoms with Gasteiger partial charge in [0.15, 0.2) is 5.75 Å². The van der Waals surface area contributed by atoms with Gasteiger partial charge in [-0.1, -0.05) is 53.2 Å². The van der Waals surface area contributed by atoms with Crippen LogP contribution in [0, 0.1) is 17.1 Å². The van der Waals surface area contributed by atoms with Crippen LogP contribution in [0.25, 0.3) is 0 Å². The van der Waals surface area contributed by atoms with Gasteiger partial charge in [0.25, 0.3) is 0 Å². The lowest BCUT2D eigenvalue weighted by molar-refractivity contribution is 0.132. The van der Waals surface area contributed by atoms with Gasteiger partial charge in [-0.2, -0.15) is 5.26 Å². The molecule has 0 spiro atoms. The zero-order chi connectivity index (χ0) is 20.6. The lowest BCUT2D eigenvalue weighted by Gasteiger charge is -2.11. The predicted molar refractivity (Wildman–Crippen MR) is 113 cm³/mol. The molecular weight excluding hydrogens is 459 g/mol. The average molecular weight is 474 g/mol. The SMILES string of the molecule is N#Cc1ccccc1CO/N=C\c1cc(Cl)c(OCc2ccccc2F)c(Br)c1. The molecule has 0 aliphatic rings. The van der Waals surface area contributed by atoms with Crippen LogP contribution in [0.3, 0.4) is 0 Å². The molecule has 3 aromatic rings. The van der Waals surface area contributed by atoms with E-state index in [1.807, 2.05) is 12.1 Å². The summed E-state index contributed by atoms with van der Waals surface area (Å²) in [7, 11) is 0. The number of benzene rings is 3. The van der Waals surface area contributed by atoms with Crippen molar-refractivity contribution in [2.75, 3.05) is 0 Å². The Morgan fingerprint density at radius 3 is 2.52 bits per heavy atom. The highest BCUT2D eigenvalue weighted by molar-refractivity contribution is 9.10. The van der Waals surface area contributed by atoms with E-state index in [1.165, 1.54) is 12.3 Å². The van der Waals surface area contributed by atoms with E-state index in [4.69, 9.17) is 26.4 Å². The summed E-state index contributed by atoms with van der Waals surface area (Å²) in [5, 5.41) is 13.4. The maximum absolute atomic E-state index is 13.7. The molecule has 0 atom stereocenters. The first kappa shape index (κ1) is 20.8. The highest BCUT2D eigenvalue weighted by atomic mass is 79.9. The van der Waals surface area contributed by atoms with Gasteiger partial charge in [-0.05, 0) is 45.8 Å². The highest BCUT2D eigenvalue weighted by Gasteiger charge is 2.11. The molecule has 0 bridgehead atoms. The van der Waals surface area contributed by atoms with Crippen molar-refractivity contribution in [3.8, 4) is 11.8 Å². The van der Waals surface area contributed by atoms with Gasteiger partial charge in [-0.15, -0.1) is 0 Å². The average Bonchev–Trinajstić information content (AvgIpc) is 2.72. The zero-order valence-corrected chi connectivity index (χ0v) is 17.5. The fourth-order valence-electron chi connectivity index (χ4n) is 2.52. The Labute approximate surface area is 181 Å². The molecule has 0 fully saturated rings. The van der Waals surface area contributed by atoms with Crippen LogP contribution >= 0.6 is 27.5 Å². The Bertz CT molecular complexity index is 1060. The fourth-order valence-corrected chi connectivity index (χ4v) is 3.51. The summed E-state index contributed by atoms with van der Waals surface area (Å²) >= 11 is 9.71. The second-order valence-electron chi connectivity index (χ2n) is 5.97. The molecule has 3 aromatic carbocycles. The van der Waals surface area contributed by atoms with E-state index in [9.17, 15) is 4.39 Å². The van der Waals surface area contributed by atoms with Crippen molar-refractivity contribution >= 4 is 33.7 Å². The topological polar surface area (TPSA) is 54.6 Å². The first-order valence-electron chi connectivity index (χ1n) is 8.57. The number of hydrogen-bond donors (Lipinski definition) is 0. The van der Waals surface area contributed by atoms with Gasteiger partial charge in [0, 0.05) is 11.1 Å². The van der Waals surface area contributed by atoms with Gasteiger partial charge >= 0.3 is 0 Å². The van der Waals surface area contributed by atoms with Crippen LogP contribution in [-0.4, -0.2) is 6.21 Å². The summed E-state index contributed by atoms with van der Waals surface area (Å²) in [6.45, 7) is 0.235. The molecule has 0 aliphatic carbocycles. The maximum Gasteiger partial charge on any atom is 0.152 e. The van der Waals surface area contributed by atoms with Crippen molar-refractivity contribution in [2.24, 2.45) is 5.16 Å². The third-order valence-corrected chi connectivity index (χ3v) is 4.85. The van der Waals surface area contributed by atoms with E-state index in [0.717, 1.165) is 5.56 Å². The van der Waals surface area contributed by atoms with E-state index >= 15 is 0 Å². The molecule has 3 rings (SSSR count).